The molecule has 0 bridgehead atoms. The smallest absolute Gasteiger partial charge is 0.311 e. The maximum absolute atomic E-state index is 11.1. The highest BCUT2D eigenvalue weighted by Gasteiger charge is 2.34. The minimum Gasteiger partial charge on any atom is -0.481 e. The van der Waals surface area contributed by atoms with Gasteiger partial charge in [-0.25, -0.2) is 0 Å². The van der Waals surface area contributed by atoms with Crippen molar-refractivity contribution in [3.8, 4) is 0 Å². The van der Waals surface area contributed by atoms with Gasteiger partial charge in [0.15, 0.2) is 0 Å². The number of nitrogens with zero attached hydrogens (tertiary/aromatic N) is 1. The average molecular weight is 213 g/mol. The first kappa shape index (κ1) is 13.7. The van der Waals surface area contributed by atoms with Gasteiger partial charge in [-0.15, -0.1) is 0 Å². The topological polar surface area (TPSA) is 57.6 Å². The van der Waals surface area contributed by atoms with Crippen LogP contribution in [-0.2, 0) is 9.59 Å². The number of carboxylic acids is 1. The highest BCUT2D eigenvalue weighted by molar-refractivity contribution is 5.86. The summed E-state index contributed by atoms with van der Waals surface area (Å²) < 4.78 is 0. The number of hydrogen-bond donors (Lipinski definition) is 1. The fourth-order valence-electron chi connectivity index (χ4n) is 1.48. The zero-order chi connectivity index (χ0) is 12.2. The molecule has 0 aromatic carbocycles. The molecule has 0 aromatic rings. The van der Waals surface area contributed by atoms with Crippen LogP contribution in [0.4, 0.5) is 0 Å². The maximum atomic E-state index is 11.1. The monoisotopic (exact) mass is 213 g/mol. The van der Waals surface area contributed by atoms with Crippen LogP contribution in [0, 0.1) is 11.3 Å². The lowest BCUT2D eigenvalue weighted by molar-refractivity contribution is -0.144. The van der Waals surface area contributed by atoms with Crippen LogP contribution >= 0.6 is 0 Å². The predicted molar refractivity (Wildman–Crippen MR) is 58.4 cm³/mol. The van der Waals surface area contributed by atoms with E-state index in [0.29, 0.717) is 11.9 Å². The molecule has 1 unspecified atom stereocenters. The summed E-state index contributed by atoms with van der Waals surface area (Å²) in [6, 6.07) is 0. The molecule has 0 rings (SSSR count). The summed E-state index contributed by atoms with van der Waals surface area (Å²) in [6.07, 6.45) is 2.17. The van der Waals surface area contributed by atoms with Crippen molar-refractivity contribution in [2.45, 2.75) is 20.8 Å². The van der Waals surface area contributed by atoms with Crippen molar-refractivity contribution in [3.05, 3.63) is 11.8 Å². The van der Waals surface area contributed by atoms with Crippen LogP contribution in [0.5, 0.6) is 0 Å². The molecule has 0 radical (unpaired) electrons. The number of carboxylic acid groups (broad SMARTS) is 1. The number of carbonyl (C=O) groups excluding carboxylic acids is 1. The van der Waals surface area contributed by atoms with Crippen LogP contribution < -0.4 is 0 Å². The Morgan fingerprint density at radius 3 is 2.00 bits per heavy atom. The van der Waals surface area contributed by atoms with Crippen molar-refractivity contribution in [1.29, 1.82) is 0 Å². The normalized spacial score (nSPS) is 14.6. The van der Waals surface area contributed by atoms with E-state index in [4.69, 9.17) is 5.11 Å². The SMILES string of the molecule is CN(C)/C=C(\C=O)C(C(=O)O)C(C)(C)C. The second kappa shape index (κ2) is 4.96. The number of rotatable bonds is 4. The summed E-state index contributed by atoms with van der Waals surface area (Å²) in [5.41, 5.74) is -0.186. The van der Waals surface area contributed by atoms with Crippen LogP contribution in [0.15, 0.2) is 11.8 Å². The number of aldehydes is 1. The van der Waals surface area contributed by atoms with Crippen molar-refractivity contribution in [1.82, 2.24) is 4.90 Å². The van der Waals surface area contributed by atoms with E-state index in [1.165, 1.54) is 0 Å². The molecule has 4 nitrogen and oxygen atoms in total. The molecule has 0 fully saturated rings. The largest absolute Gasteiger partial charge is 0.481 e. The van der Waals surface area contributed by atoms with Gasteiger partial charge in [-0.2, -0.15) is 0 Å². The Bertz CT molecular complexity index is 274. The van der Waals surface area contributed by atoms with E-state index in [0.717, 1.165) is 0 Å². The molecular formula is C11H19NO3. The molecule has 0 spiro atoms. The highest BCUT2D eigenvalue weighted by Crippen LogP contribution is 2.31. The third-order valence-corrected chi connectivity index (χ3v) is 1.99. The molecule has 1 atom stereocenters. The fourth-order valence-corrected chi connectivity index (χ4v) is 1.48. The summed E-state index contributed by atoms with van der Waals surface area (Å²) in [5.74, 6) is -1.75. The number of hydrogen-bond acceptors (Lipinski definition) is 3. The van der Waals surface area contributed by atoms with Crippen molar-refractivity contribution in [3.63, 3.8) is 0 Å². The van der Waals surface area contributed by atoms with Gasteiger partial charge in [0, 0.05) is 25.9 Å². The summed E-state index contributed by atoms with van der Waals surface area (Å²) in [6.45, 7) is 5.41. The van der Waals surface area contributed by atoms with Gasteiger partial charge in [0.2, 0.25) is 0 Å². The predicted octanol–water partition coefficient (Wildman–Crippen LogP) is 1.38. The van der Waals surface area contributed by atoms with Gasteiger partial charge >= 0.3 is 5.97 Å². The van der Waals surface area contributed by atoms with Crippen LogP contribution in [0.3, 0.4) is 0 Å². The van der Waals surface area contributed by atoms with Crippen LogP contribution in [0.25, 0.3) is 0 Å². The first-order valence-corrected chi connectivity index (χ1v) is 4.76. The molecule has 0 aliphatic rings. The van der Waals surface area contributed by atoms with Gasteiger partial charge < -0.3 is 10.0 Å². The Morgan fingerprint density at radius 2 is 1.80 bits per heavy atom. The molecule has 86 valence electrons. The summed E-state index contributed by atoms with van der Waals surface area (Å²) in [5, 5.41) is 9.11. The average Bonchev–Trinajstić information content (AvgIpc) is 1.98. The van der Waals surface area contributed by atoms with Gasteiger partial charge in [-0.05, 0) is 5.41 Å². The molecule has 0 aliphatic heterocycles. The van der Waals surface area contributed by atoms with Crippen molar-refractivity contribution in [2.75, 3.05) is 14.1 Å². The Labute approximate surface area is 90.6 Å². The van der Waals surface area contributed by atoms with E-state index in [1.807, 2.05) is 0 Å². The Hall–Kier alpha value is -1.32. The molecule has 1 N–H and O–H groups in total. The van der Waals surface area contributed by atoms with Crippen molar-refractivity contribution >= 4 is 12.3 Å². The minimum atomic E-state index is -0.970. The lowest BCUT2D eigenvalue weighted by atomic mass is 9.76. The third-order valence-electron chi connectivity index (χ3n) is 1.99. The van der Waals surface area contributed by atoms with E-state index >= 15 is 0 Å². The van der Waals surface area contributed by atoms with Crippen LogP contribution in [-0.4, -0.2) is 36.4 Å². The molecule has 0 saturated heterocycles. The van der Waals surface area contributed by atoms with E-state index in [-0.39, 0.29) is 0 Å². The second-order valence-electron chi connectivity index (χ2n) is 4.85. The van der Waals surface area contributed by atoms with Crippen molar-refractivity contribution in [2.24, 2.45) is 11.3 Å². The van der Waals surface area contributed by atoms with E-state index < -0.39 is 17.3 Å². The highest BCUT2D eigenvalue weighted by atomic mass is 16.4. The summed E-state index contributed by atoms with van der Waals surface area (Å²) >= 11 is 0. The number of aliphatic carboxylic acids is 1. The van der Waals surface area contributed by atoms with Gasteiger partial charge in [-0.3, -0.25) is 9.59 Å². The summed E-state index contributed by atoms with van der Waals surface area (Å²) in [7, 11) is 3.51. The molecule has 0 heterocycles. The van der Waals surface area contributed by atoms with Crippen LogP contribution in [0.1, 0.15) is 20.8 Å². The standard InChI is InChI=1S/C11H19NO3/c1-11(2,3)9(10(14)15)8(7-13)6-12(4)5/h6-7,9H,1-5H3,(H,14,15)/b8-6+. The molecule has 4 heteroatoms. The lowest BCUT2D eigenvalue weighted by Gasteiger charge is -2.27. The van der Waals surface area contributed by atoms with Gasteiger partial charge in [-0.1, -0.05) is 20.8 Å². The minimum absolute atomic E-state index is 0.292. The first-order valence-electron chi connectivity index (χ1n) is 4.76. The van der Waals surface area contributed by atoms with Crippen molar-refractivity contribution < 1.29 is 14.7 Å². The van der Waals surface area contributed by atoms with E-state index in [1.54, 1.807) is 46.0 Å². The van der Waals surface area contributed by atoms with E-state index in [2.05, 4.69) is 0 Å². The quantitative estimate of drug-likeness (QED) is 0.566. The zero-order valence-corrected chi connectivity index (χ0v) is 9.94. The van der Waals surface area contributed by atoms with E-state index in [9.17, 15) is 9.59 Å². The molecule has 0 aromatic heterocycles. The Kier molecular flexibility index (Phi) is 4.52. The molecule has 15 heavy (non-hydrogen) atoms. The molecule has 0 aliphatic carbocycles. The Balaban J connectivity index is 5.23. The molecule has 0 amide bonds. The van der Waals surface area contributed by atoms with Crippen LogP contribution in [0.2, 0.25) is 0 Å². The zero-order valence-electron chi connectivity index (χ0n) is 9.94. The van der Waals surface area contributed by atoms with Gasteiger partial charge in [0.05, 0.1) is 5.92 Å². The van der Waals surface area contributed by atoms with Gasteiger partial charge in [0.1, 0.15) is 6.29 Å². The maximum Gasteiger partial charge on any atom is 0.311 e. The first-order chi connectivity index (χ1) is 6.70. The third kappa shape index (κ3) is 4.14. The fraction of sp³-hybridized carbons (Fsp3) is 0.636. The molecule has 0 saturated carbocycles. The summed E-state index contributed by atoms with van der Waals surface area (Å²) in [4.78, 5) is 23.7. The lowest BCUT2D eigenvalue weighted by Crippen LogP contribution is -2.31. The van der Waals surface area contributed by atoms with Gasteiger partial charge in [0.25, 0.3) is 0 Å². The molecular weight excluding hydrogens is 194 g/mol. The number of carbonyl (C=O) groups is 2. The second-order valence-corrected chi connectivity index (χ2v) is 4.85. The Morgan fingerprint density at radius 1 is 1.33 bits per heavy atom.